The molecule has 3 amide bonds. The van der Waals surface area contributed by atoms with Crippen LogP contribution >= 0.6 is 0 Å². The lowest BCUT2D eigenvalue weighted by molar-refractivity contribution is -0.144. The highest BCUT2D eigenvalue weighted by molar-refractivity contribution is 5.94. The molecule has 0 radical (unpaired) electrons. The maximum atomic E-state index is 12.4. The summed E-state index contributed by atoms with van der Waals surface area (Å²) in [6.07, 6.45) is -2.11. The van der Waals surface area contributed by atoms with Crippen molar-refractivity contribution >= 4 is 29.7 Å². The molecule has 0 aliphatic rings. The standard InChI is InChI=1S/C16H28N4O8/c1-7(2)12(16(27)28)19-15(26)13(8(3)21)20-14(25)9(4-5-11(23)24)18-10(22)6-17/h7-9,12-13,21H,4-6,17H2,1-3H3,(H,18,22)(H,19,26)(H,20,25)(H,23,24)(H,27,28). The number of rotatable bonds is 12. The minimum absolute atomic E-state index is 0.273. The summed E-state index contributed by atoms with van der Waals surface area (Å²) in [5.74, 6) is -5.51. The van der Waals surface area contributed by atoms with Gasteiger partial charge in [-0.2, -0.15) is 0 Å². The smallest absolute Gasteiger partial charge is 0.326 e. The van der Waals surface area contributed by atoms with E-state index in [2.05, 4.69) is 16.0 Å². The highest BCUT2D eigenvalue weighted by Gasteiger charge is 2.33. The zero-order valence-electron chi connectivity index (χ0n) is 16.0. The van der Waals surface area contributed by atoms with Crippen molar-refractivity contribution in [3.8, 4) is 0 Å². The molecule has 0 rings (SSSR count). The Bertz CT molecular complexity index is 593. The Balaban J connectivity index is 5.30. The van der Waals surface area contributed by atoms with Gasteiger partial charge < -0.3 is 37.0 Å². The average Bonchev–Trinajstić information content (AvgIpc) is 2.59. The molecule has 4 atom stereocenters. The van der Waals surface area contributed by atoms with Gasteiger partial charge in [-0.25, -0.2) is 4.79 Å². The lowest BCUT2D eigenvalue weighted by atomic mass is 10.0. The Morgan fingerprint density at radius 2 is 1.43 bits per heavy atom. The topological polar surface area (TPSA) is 208 Å². The summed E-state index contributed by atoms with van der Waals surface area (Å²) in [5, 5.41) is 34.4. The van der Waals surface area contributed by atoms with Crippen LogP contribution in [0.25, 0.3) is 0 Å². The lowest BCUT2D eigenvalue weighted by Crippen LogP contribution is -2.59. The summed E-state index contributed by atoms with van der Waals surface area (Å²) in [7, 11) is 0. The molecule has 8 N–H and O–H groups in total. The molecule has 0 aromatic rings. The van der Waals surface area contributed by atoms with Gasteiger partial charge >= 0.3 is 11.9 Å². The van der Waals surface area contributed by atoms with Crippen molar-refractivity contribution in [2.75, 3.05) is 6.54 Å². The zero-order valence-corrected chi connectivity index (χ0v) is 16.0. The van der Waals surface area contributed by atoms with E-state index in [-0.39, 0.29) is 6.42 Å². The Labute approximate surface area is 161 Å². The van der Waals surface area contributed by atoms with Crippen LogP contribution in [-0.2, 0) is 24.0 Å². The second-order valence-electron chi connectivity index (χ2n) is 6.55. The van der Waals surface area contributed by atoms with Crippen LogP contribution in [0.5, 0.6) is 0 Å². The van der Waals surface area contributed by atoms with Crippen molar-refractivity contribution in [2.24, 2.45) is 11.7 Å². The summed E-state index contributed by atoms with van der Waals surface area (Å²) >= 11 is 0. The van der Waals surface area contributed by atoms with Crippen LogP contribution in [0.1, 0.15) is 33.6 Å². The molecule has 0 saturated carbocycles. The van der Waals surface area contributed by atoms with Crippen LogP contribution in [0.2, 0.25) is 0 Å². The van der Waals surface area contributed by atoms with E-state index in [0.717, 1.165) is 0 Å². The molecule has 0 aromatic carbocycles. The van der Waals surface area contributed by atoms with Crippen molar-refractivity contribution in [2.45, 2.75) is 57.8 Å². The van der Waals surface area contributed by atoms with Crippen molar-refractivity contribution < 1.29 is 39.3 Å². The van der Waals surface area contributed by atoms with Crippen molar-refractivity contribution in [1.29, 1.82) is 0 Å². The molecule has 0 aliphatic carbocycles. The molecule has 12 nitrogen and oxygen atoms in total. The van der Waals surface area contributed by atoms with E-state index >= 15 is 0 Å². The molecule has 0 saturated heterocycles. The van der Waals surface area contributed by atoms with E-state index in [9.17, 15) is 29.1 Å². The predicted octanol–water partition coefficient (Wildman–Crippen LogP) is -2.61. The fourth-order valence-corrected chi connectivity index (χ4v) is 2.21. The predicted molar refractivity (Wildman–Crippen MR) is 95.9 cm³/mol. The maximum absolute atomic E-state index is 12.4. The van der Waals surface area contributed by atoms with Gasteiger partial charge in [-0.3, -0.25) is 19.2 Å². The molecule has 0 aromatic heterocycles. The second-order valence-corrected chi connectivity index (χ2v) is 6.55. The van der Waals surface area contributed by atoms with Gasteiger partial charge in [0.05, 0.1) is 12.6 Å². The molecular formula is C16H28N4O8. The Hall–Kier alpha value is -2.73. The number of nitrogens with one attached hydrogen (secondary N) is 3. The number of carbonyl (C=O) groups excluding carboxylic acids is 3. The molecule has 160 valence electrons. The highest BCUT2D eigenvalue weighted by atomic mass is 16.4. The van der Waals surface area contributed by atoms with Gasteiger partial charge in [0.2, 0.25) is 17.7 Å². The largest absolute Gasteiger partial charge is 0.481 e. The van der Waals surface area contributed by atoms with Gasteiger partial charge in [0, 0.05) is 6.42 Å². The number of aliphatic hydroxyl groups is 1. The average molecular weight is 404 g/mol. The Morgan fingerprint density at radius 3 is 1.82 bits per heavy atom. The van der Waals surface area contributed by atoms with Crippen LogP contribution in [0.4, 0.5) is 0 Å². The summed E-state index contributed by atoms with van der Waals surface area (Å²) in [6, 6.07) is -4.07. The first-order valence-corrected chi connectivity index (χ1v) is 8.63. The number of nitrogens with two attached hydrogens (primary N) is 1. The third kappa shape index (κ3) is 8.77. The number of aliphatic hydroxyl groups excluding tert-OH is 1. The number of hydrogen-bond donors (Lipinski definition) is 7. The molecule has 0 heterocycles. The minimum Gasteiger partial charge on any atom is -0.481 e. The molecule has 0 bridgehead atoms. The second kappa shape index (κ2) is 11.9. The van der Waals surface area contributed by atoms with Crippen molar-refractivity contribution in [3.63, 3.8) is 0 Å². The molecule has 0 fully saturated rings. The maximum Gasteiger partial charge on any atom is 0.326 e. The van der Waals surface area contributed by atoms with Gasteiger partial charge in [-0.15, -0.1) is 0 Å². The first kappa shape index (κ1) is 25.3. The van der Waals surface area contributed by atoms with Crippen LogP contribution in [0.15, 0.2) is 0 Å². The van der Waals surface area contributed by atoms with E-state index in [4.69, 9.17) is 15.9 Å². The van der Waals surface area contributed by atoms with Crippen LogP contribution in [0, 0.1) is 5.92 Å². The Kier molecular flexibility index (Phi) is 10.7. The zero-order chi connectivity index (χ0) is 22.0. The Morgan fingerprint density at radius 1 is 0.893 bits per heavy atom. The third-order valence-electron chi connectivity index (χ3n) is 3.78. The number of amides is 3. The summed E-state index contributed by atoms with van der Waals surface area (Å²) < 4.78 is 0. The number of carboxylic acid groups (broad SMARTS) is 2. The van der Waals surface area contributed by atoms with Crippen LogP contribution in [0.3, 0.4) is 0 Å². The van der Waals surface area contributed by atoms with Gasteiger partial charge in [0.15, 0.2) is 0 Å². The molecule has 28 heavy (non-hydrogen) atoms. The van der Waals surface area contributed by atoms with Crippen LogP contribution < -0.4 is 21.7 Å². The number of carbonyl (C=O) groups is 5. The molecular weight excluding hydrogens is 376 g/mol. The third-order valence-corrected chi connectivity index (χ3v) is 3.78. The highest BCUT2D eigenvalue weighted by Crippen LogP contribution is 2.05. The fourth-order valence-electron chi connectivity index (χ4n) is 2.21. The van der Waals surface area contributed by atoms with Gasteiger partial charge in [0.1, 0.15) is 18.1 Å². The van der Waals surface area contributed by atoms with Crippen LogP contribution in [-0.4, -0.2) is 75.8 Å². The van der Waals surface area contributed by atoms with E-state index in [0.29, 0.717) is 0 Å². The van der Waals surface area contributed by atoms with E-state index in [1.807, 2.05) is 0 Å². The van der Waals surface area contributed by atoms with E-state index < -0.39 is 72.8 Å². The van der Waals surface area contributed by atoms with Crippen molar-refractivity contribution in [1.82, 2.24) is 16.0 Å². The fraction of sp³-hybridized carbons (Fsp3) is 0.688. The van der Waals surface area contributed by atoms with Gasteiger partial charge in [-0.05, 0) is 19.3 Å². The normalized spacial score (nSPS) is 15.1. The molecule has 0 aliphatic heterocycles. The first-order valence-electron chi connectivity index (χ1n) is 8.63. The monoisotopic (exact) mass is 404 g/mol. The number of aliphatic carboxylic acids is 2. The van der Waals surface area contributed by atoms with E-state index in [1.54, 1.807) is 13.8 Å². The summed E-state index contributed by atoms with van der Waals surface area (Å²) in [5.41, 5.74) is 5.17. The first-order chi connectivity index (χ1) is 12.9. The summed E-state index contributed by atoms with van der Waals surface area (Å²) in [4.78, 5) is 58.2. The lowest BCUT2D eigenvalue weighted by Gasteiger charge is -2.26. The number of hydrogen-bond acceptors (Lipinski definition) is 7. The summed E-state index contributed by atoms with van der Waals surface area (Å²) in [6.45, 7) is 3.91. The van der Waals surface area contributed by atoms with Crippen molar-refractivity contribution in [3.05, 3.63) is 0 Å². The van der Waals surface area contributed by atoms with Gasteiger partial charge in [-0.1, -0.05) is 13.8 Å². The minimum atomic E-state index is -1.52. The SMILES string of the molecule is CC(C)C(NC(=O)C(NC(=O)C(CCC(=O)O)NC(=O)CN)C(C)O)C(=O)O. The quantitative estimate of drug-likeness (QED) is 0.181. The van der Waals surface area contributed by atoms with E-state index in [1.165, 1.54) is 6.92 Å². The van der Waals surface area contributed by atoms with Gasteiger partial charge in [0.25, 0.3) is 0 Å². The molecule has 12 heteroatoms. The molecule has 0 spiro atoms. The molecule has 4 unspecified atom stereocenters. The number of carboxylic acids is 2.